The molecule has 130 valence electrons. The molecule has 0 saturated carbocycles. The second kappa shape index (κ2) is 12.1. The lowest BCUT2D eigenvalue weighted by Gasteiger charge is -2.18. The predicted octanol–water partition coefficient (Wildman–Crippen LogP) is 1.90. The van der Waals surface area contributed by atoms with Crippen LogP contribution in [0.4, 0.5) is 0 Å². The summed E-state index contributed by atoms with van der Waals surface area (Å²) in [4.78, 5) is 18.0. The first-order valence-electron chi connectivity index (χ1n) is 8.32. The molecule has 0 aromatic carbocycles. The minimum Gasteiger partial charge on any atom is -0.382 e. The van der Waals surface area contributed by atoms with Crippen molar-refractivity contribution in [2.75, 3.05) is 32.8 Å². The van der Waals surface area contributed by atoms with Gasteiger partial charge in [-0.1, -0.05) is 0 Å². The third-order valence-corrected chi connectivity index (χ3v) is 3.48. The number of nitrogens with zero attached hydrogens (tertiary/aromatic N) is 3. The fraction of sp³-hybridized carbons (Fsp3) is 0.500. The molecule has 0 spiro atoms. The number of carbonyl (C=O) groups is 1. The van der Waals surface area contributed by atoms with Gasteiger partial charge in [0.2, 0.25) is 0 Å². The van der Waals surface area contributed by atoms with Crippen LogP contribution in [0.1, 0.15) is 25.8 Å². The molecule has 6 nitrogen and oxygen atoms in total. The topological polar surface area (TPSA) is 78.2 Å². The Bertz CT molecular complexity index is 552. The molecule has 1 heterocycles. The number of amides is 1. The second-order valence-electron chi connectivity index (χ2n) is 5.20. The van der Waals surface area contributed by atoms with Gasteiger partial charge in [0, 0.05) is 51.4 Å². The third kappa shape index (κ3) is 7.75. The molecule has 0 saturated heterocycles. The van der Waals surface area contributed by atoms with Crippen LogP contribution in [0.5, 0.6) is 0 Å². The van der Waals surface area contributed by atoms with Crippen LogP contribution in [0.15, 0.2) is 36.3 Å². The van der Waals surface area contributed by atoms with Crippen LogP contribution in [-0.2, 0) is 16.0 Å². The summed E-state index contributed by atoms with van der Waals surface area (Å²) < 4.78 is 5.21. The van der Waals surface area contributed by atoms with Gasteiger partial charge in [0.15, 0.2) is 0 Å². The van der Waals surface area contributed by atoms with E-state index in [1.807, 2.05) is 36.9 Å². The maximum atomic E-state index is 12.1. The smallest absolute Gasteiger partial charge is 0.263 e. The van der Waals surface area contributed by atoms with Gasteiger partial charge < -0.3 is 15.0 Å². The number of aromatic nitrogens is 1. The third-order valence-electron chi connectivity index (χ3n) is 3.48. The van der Waals surface area contributed by atoms with Crippen LogP contribution in [-0.4, -0.2) is 48.6 Å². The van der Waals surface area contributed by atoms with Crippen LogP contribution in [0, 0.1) is 11.3 Å². The first kappa shape index (κ1) is 19.7. The minimum atomic E-state index is -0.337. The molecule has 0 unspecified atom stereocenters. The molecule has 1 rings (SSSR count). The van der Waals surface area contributed by atoms with Crippen molar-refractivity contribution in [1.82, 2.24) is 15.2 Å². The molecule has 6 heteroatoms. The molecular weight excluding hydrogens is 304 g/mol. The molecule has 0 aliphatic heterocycles. The van der Waals surface area contributed by atoms with Gasteiger partial charge in [0.25, 0.3) is 5.91 Å². The van der Waals surface area contributed by atoms with Crippen molar-refractivity contribution in [1.29, 1.82) is 5.26 Å². The lowest BCUT2D eigenvalue weighted by atomic mass is 10.2. The van der Waals surface area contributed by atoms with Crippen molar-refractivity contribution in [2.24, 2.45) is 0 Å². The van der Waals surface area contributed by atoms with Crippen molar-refractivity contribution < 1.29 is 9.53 Å². The van der Waals surface area contributed by atoms with Crippen molar-refractivity contribution in [2.45, 2.75) is 26.7 Å². The summed E-state index contributed by atoms with van der Waals surface area (Å²) in [5.41, 5.74) is 1.30. The molecule has 1 aromatic heterocycles. The number of pyridine rings is 1. The van der Waals surface area contributed by atoms with Crippen LogP contribution in [0.3, 0.4) is 0 Å². The van der Waals surface area contributed by atoms with Gasteiger partial charge in [-0.2, -0.15) is 5.26 Å². The van der Waals surface area contributed by atoms with Gasteiger partial charge in [-0.25, -0.2) is 0 Å². The van der Waals surface area contributed by atoms with Crippen LogP contribution < -0.4 is 5.32 Å². The molecule has 0 aliphatic carbocycles. The van der Waals surface area contributed by atoms with E-state index in [2.05, 4.69) is 10.3 Å². The number of nitrogens with one attached hydrogen (secondary N) is 1. The fourth-order valence-electron chi connectivity index (χ4n) is 2.07. The summed E-state index contributed by atoms with van der Waals surface area (Å²) in [6, 6.07) is 5.92. The van der Waals surface area contributed by atoms with Gasteiger partial charge >= 0.3 is 0 Å². The molecule has 0 radical (unpaired) electrons. The monoisotopic (exact) mass is 330 g/mol. The largest absolute Gasteiger partial charge is 0.382 e. The number of likely N-dealkylation sites (N-methyl/N-ethyl adjacent to an activating group) is 1. The number of nitriles is 1. The highest BCUT2D eigenvalue weighted by Crippen LogP contribution is 2.03. The number of carbonyl (C=O) groups excluding carboxylic acids is 1. The van der Waals surface area contributed by atoms with Crippen molar-refractivity contribution in [3.63, 3.8) is 0 Å². The van der Waals surface area contributed by atoms with E-state index in [1.54, 1.807) is 18.6 Å². The molecule has 1 amide bonds. The Morgan fingerprint density at radius 2 is 2.17 bits per heavy atom. The number of rotatable bonds is 11. The van der Waals surface area contributed by atoms with Gasteiger partial charge in [-0.15, -0.1) is 0 Å². The lowest BCUT2D eigenvalue weighted by Crippen LogP contribution is -2.28. The standard InChI is InChI=1S/C18H26N4O2/c1-3-22(12-8-16-6-10-20-11-7-16)15-17(14-19)18(23)21-9-5-13-24-4-2/h6-7,10-11,15H,3-5,8-9,12-13H2,1-2H3,(H,21,23)/b17-15-. The summed E-state index contributed by atoms with van der Waals surface area (Å²) in [5, 5.41) is 12.0. The van der Waals surface area contributed by atoms with E-state index in [4.69, 9.17) is 4.74 Å². The van der Waals surface area contributed by atoms with Gasteiger partial charge in [-0.05, 0) is 44.4 Å². The van der Waals surface area contributed by atoms with E-state index in [-0.39, 0.29) is 11.5 Å². The molecular formula is C18H26N4O2. The van der Waals surface area contributed by atoms with E-state index < -0.39 is 0 Å². The summed E-state index contributed by atoms with van der Waals surface area (Å²) >= 11 is 0. The normalized spacial score (nSPS) is 11.0. The predicted molar refractivity (Wildman–Crippen MR) is 93.0 cm³/mol. The lowest BCUT2D eigenvalue weighted by molar-refractivity contribution is -0.117. The highest BCUT2D eigenvalue weighted by atomic mass is 16.5. The maximum absolute atomic E-state index is 12.1. The van der Waals surface area contributed by atoms with Gasteiger partial charge in [-0.3, -0.25) is 9.78 Å². The number of hydrogen-bond donors (Lipinski definition) is 1. The molecule has 0 bridgehead atoms. The van der Waals surface area contributed by atoms with Crippen LogP contribution >= 0.6 is 0 Å². The van der Waals surface area contributed by atoms with Crippen LogP contribution in [0.2, 0.25) is 0 Å². The fourth-order valence-corrected chi connectivity index (χ4v) is 2.07. The zero-order valence-corrected chi connectivity index (χ0v) is 14.5. The molecule has 0 fully saturated rings. The first-order valence-corrected chi connectivity index (χ1v) is 8.32. The van der Waals surface area contributed by atoms with E-state index in [0.717, 1.165) is 25.9 Å². The molecule has 1 aromatic rings. The molecule has 24 heavy (non-hydrogen) atoms. The Morgan fingerprint density at radius 1 is 1.42 bits per heavy atom. The van der Waals surface area contributed by atoms with E-state index in [1.165, 1.54) is 5.56 Å². The second-order valence-corrected chi connectivity index (χ2v) is 5.20. The van der Waals surface area contributed by atoms with E-state index in [9.17, 15) is 10.1 Å². The summed E-state index contributed by atoms with van der Waals surface area (Å²) in [5.74, 6) is -0.337. The molecule has 0 aliphatic rings. The SMILES string of the molecule is CCOCCCNC(=O)/C(C#N)=C\N(CC)CCc1ccncc1. The van der Waals surface area contributed by atoms with Gasteiger partial charge in [0.1, 0.15) is 11.6 Å². The Balaban J connectivity index is 2.50. The minimum absolute atomic E-state index is 0.128. The highest BCUT2D eigenvalue weighted by molar-refractivity contribution is 5.97. The van der Waals surface area contributed by atoms with E-state index >= 15 is 0 Å². The Labute approximate surface area is 144 Å². The Kier molecular flexibility index (Phi) is 9.90. The molecule has 0 atom stereocenters. The van der Waals surface area contributed by atoms with Gasteiger partial charge in [0.05, 0.1) is 0 Å². The van der Waals surface area contributed by atoms with Crippen molar-refractivity contribution in [3.05, 3.63) is 41.9 Å². The highest BCUT2D eigenvalue weighted by Gasteiger charge is 2.10. The summed E-state index contributed by atoms with van der Waals surface area (Å²) in [6.07, 6.45) is 6.73. The Morgan fingerprint density at radius 3 is 2.79 bits per heavy atom. The first-order chi connectivity index (χ1) is 11.7. The van der Waals surface area contributed by atoms with Crippen LogP contribution in [0.25, 0.3) is 0 Å². The zero-order chi connectivity index (χ0) is 17.6. The Hall–Kier alpha value is -2.39. The summed E-state index contributed by atoms with van der Waals surface area (Å²) in [6.45, 7) is 7.17. The van der Waals surface area contributed by atoms with Crippen molar-refractivity contribution in [3.8, 4) is 6.07 Å². The molecule has 1 N–H and O–H groups in total. The quantitative estimate of drug-likeness (QED) is 0.381. The number of ether oxygens (including phenoxy) is 1. The average molecular weight is 330 g/mol. The average Bonchev–Trinajstić information content (AvgIpc) is 2.62. The number of hydrogen-bond acceptors (Lipinski definition) is 5. The van der Waals surface area contributed by atoms with E-state index in [0.29, 0.717) is 19.8 Å². The zero-order valence-electron chi connectivity index (χ0n) is 14.5. The van der Waals surface area contributed by atoms with Crippen molar-refractivity contribution >= 4 is 5.91 Å². The summed E-state index contributed by atoms with van der Waals surface area (Å²) in [7, 11) is 0. The maximum Gasteiger partial charge on any atom is 0.263 e.